The SMILES string of the molecule is O=C1O[C@H]([C@H](CO)OP(=O)(O)O)C(OCc2cccc(C(F)(F)F)c2)=C1OCc1cccc(C(F)(F)F)c1. The van der Waals surface area contributed by atoms with E-state index in [0.717, 1.165) is 36.4 Å². The van der Waals surface area contributed by atoms with Crippen molar-refractivity contribution < 1.29 is 69.3 Å². The quantitative estimate of drug-likeness (QED) is 0.219. The van der Waals surface area contributed by atoms with Crippen molar-refractivity contribution in [2.75, 3.05) is 6.61 Å². The number of hydrogen-bond donors (Lipinski definition) is 3. The van der Waals surface area contributed by atoms with Crippen molar-refractivity contribution in [3.63, 3.8) is 0 Å². The van der Waals surface area contributed by atoms with Gasteiger partial charge in [-0.3, -0.25) is 4.52 Å². The summed E-state index contributed by atoms with van der Waals surface area (Å²) in [5, 5.41) is 9.56. The molecule has 208 valence electrons. The molecule has 1 heterocycles. The Labute approximate surface area is 210 Å². The van der Waals surface area contributed by atoms with E-state index >= 15 is 0 Å². The lowest BCUT2D eigenvalue weighted by Gasteiger charge is -2.23. The van der Waals surface area contributed by atoms with Crippen LogP contribution in [0.3, 0.4) is 0 Å². The molecule has 2 atom stereocenters. The first-order valence-corrected chi connectivity index (χ1v) is 12.0. The number of alkyl halides is 6. The van der Waals surface area contributed by atoms with E-state index in [2.05, 4.69) is 4.52 Å². The van der Waals surface area contributed by atoms with Gasteiger partial charge in [0.2, 0.25) is 5.76 Å². The van der Waals surface area contributed by atoms with Crippen LogP contribution in [0.1, 0.15) is 22.3 Å². The smallest absolute Gasteiger partial charge is 0.470 e. The van der Waals surface area contributed by atoms with Crippen molar-refractivity contribution in [2.45, 2.75) is 37.8 Å². The van der Waals surface area contributed by atoms with Crippen LogP contribution >= 0.6 is 7.82 Å². The van der Waals surface area contributed by atoms with Crippen molar-refractivity contribution in [1.82, 2.24) is 0 Å². The topological polar surface area (TPSA) is 132 Å². The zero-order chi connectivity index (χ0) is 28.3. The minimum absolute atomic E-state index is 0.0361. The van der Waals surface area contributed by atoms with Crippen molar-refractivity contribution >= 4 is 13.8 Å². The number of rotatable bonds is 10. The van der Waals surface area contributed by atoms with Crippen molar-refractivity contribution in [2.24, 2.45) is 0 Å². The molecule has 0 bridgehead atoms. The summed E-state index contributed by atoms with van der Waals surface area (Å²) < 4.78 is 110. The maximum atomic E-state index is 13.0. The number of carbonyl (C=O) groups excluding carboxylic acids is 1. The van der Waals surface area contributed by atoms with Crippen LogP contribution in [0.2, 0.25) is 0 Å². The minimum Gasteiger partial charge on any atom is -0.485 e. The van der Waals surface area contributed by atoms with E-state index in [1.54, 1.807) is 0 Å². The highest BCUT2D eigenvalue weighted by molar-refractivity contribution is 7.46. The van der Waals surface area contributed by atoms with Crippen molar-refractivity contribution in [3.8, 4) is 0 Å². The second-order valence-corrected chi connectivity index (χ2v) is 9.00. The number of hydrogen-bond acceptors (Lipinski definition) is 7. The van der Waals surface area contributed by atoms with Crippen molar-refractivity contribution in [1.29, 1.82) is 0 Å². The van der Waals surface area contributed by atoms with Crippen LogP contribution in [0, 0.1) is 0 Å². The van der Waals surface area contributed by atoms with Crippen LogP contribution in [0.25, 0.3) is 0 Å². The molecule has 3 N–H and O–H groups in total. The van der Waals surface area contributed by atoms with E-state index in [-0.39, 0.29) is 11.1 Å². The summed E-state index contributed by atoms with van der Waals surface area (Å²) in [6.07, 6.45) is -13.1. The summed E-state index contributed by atoms with van der Waals surface area (Å²) in [5.41, 5.74) is -2.09. The predicted octanol–water partition coefficient (Wildman–Crippen LogP) is 4.06. The van der Waals surface area contributed by atoms with Gasteiger partial charge in [-0.2, -0.15) is 26.3 Å². The van der Waals surface area contributed by atoms with E-state index < -0.39 is 80.8 Å². The monoisotopic (exact) mass is 572 g/mol. The van der Waals surface area contributed by atoms with Gasteiger partial charge >= 0.3 is 26.1 Å². The zero-order valence-corrected chi connectivity index (χ0v) is 19.8. The Morgan fingerprint density at radius 1 is 0.895 bits per heavy atom. The Morgan fingerprint density at radius 2 is 1.39 bits per heavy atom. The molecule has 9 nitrogen and oxygen atoms in total. The molecule has 2 aromatic rings. The number of phosphoric ester groups is 1. The maximum absolute atomic E-state index is 13.0. The highest BCUT2D eigenvalue weighted by atomic mass is 31.2. The van der Waals surface area contributed by atoms with Gasteiger partial charge in [0.05, 0.1) is 17.7 Å². The number of phosphoric acid groups is 1. The first-order valence-electron chi connectivity index (χ1n) is 10.5. The van der Waals surface area contributed by atoms with Gasteiger partial charge in [0, 0.05) is 0 Å². The van der Waals surface area contributed by atoms with Crippen LogP contribution in [-0.4, -0.2) is 39.7 Å². The van der Waals surface area contributed by atoms with Crippen LogP contribution in [0.5, 0.6) is 0 Å². The fraction of sp³-hybridized carbons (Fsp3) is 0.318. The van der Waals surface area contributed by atoms with E-state index in [1.807, 2.05) is 0 Å². The van der Waals surface area contributed by atoms with Crippen LogP contribution in [-0.2, 0) is 53.7 Å². The average Bonchev–Trinajstić information content (AvgIpc) is 3.13. The maximum Gasteiger partial charge on any atom is 0.470 e. The number of benzene rings is 2. The lowest BCUT2D eigenvalue weighted by Crippen LogP contribution is -2.34. The number of cyclic esters (lactones) is 1. The van der Waals surface area contributed by atoms with Crippen LogP contribution in [0.4, 0.5) is 26.3 Å². The molecule has 0 amide bonds. The number of aliphatic hydroxyl groups is 1. The molecule has 0 unspecified atom stereocenters. The van der Waals surface area contributed by atoms with Crippen molar-refractivity contribution in [3.05, 3.63) is 82.3 Å². The molecule has 0 saturated carbocycles. The summed E-state index contributed by atoms with van der Waals surface area (Å²) >= 11 is 0. The Balaban J connectivity index is 1.92. The lowest BCUT2D eigenvalue weighted by molar-refractivity contribution is -0.148. The van der Waals surface area contributed by atoms with Crippen LogP contribution < -0.4 is 0 Å². The second kappa shape index (κ2) is 11.3. The molecule has 0 spiro atoms. The fourth-order valence-corrected chi connectivity index (χ4v) is 3.86. The van der Waals surface area contributed by atoms with E-state index in [9.17, 15) is 40.8 Å². The normalized spacial score (nSPS) is 17.4. The molecular formula is C22H19F6O9P. The molecule has 0 fully saturated rings. The summed E-state index contributed by atoms with van der Waals surface area (Å²) in [6.45, 7) is -2.36. The Morgan fingerprint density at radius 3 is 1.84 bits per heavy atom. The highest BCUT2D eigenvalue weighted by Gasteiger charge is 2.45. The summed E-state index contributed by atoms with van der Waals surface area (Å²) in [7, 11) is -5.25. The molecule has 1 aliphatic rings. The summed E-state index contributed by atoms with van der Waals surface area (Å²) in [5.74, 6) is -2.63. The molecular weight excluding hydrogens is 553 g/mol. The predicted molar refractivity (Wildman–Crippen MR) is 113 cm³/mol. The van der Waals surface area contributed by atoms with E-state index in [0.29, 0.717) is 0 Å². The third-order valence-corrected chi connectivity index (χ3v) is 5.52. The van der Waals surface area contributed by atoms with Gasteiger partial charge < -0.3 is 29.1 Å². The first kappa shape index (κ1) is 29.5. The number of ether oxygens (including phenoxy) is 3. The molecule has 0 radical (unpaired) electrons. The molecule has 38 heavy (non-hydrogen) atoms. The minimum atomic E-state index is -5.25. The highest BCUT2D eigenvalue weighted by Crippen LogP contribution is 2.41. The molecule has 16 heteroatoms. The zero-order valence-electron chi connectivity index (χ0n) is 18.9. The number of halogens is 6. The van der Waals surface area contributed by atoms with E-state index in [1.165, 1.54) is 12.1 Å². The fourth-order valence-electron chi connectivity index (χ4n) is 3.33. The third kappa shape index (κ3) is 7.71. The lowest BCUT2D eigenvalue weighted by atomic mass is 10.1. The average molecular weight is 572 g/mol. The molecule has 1 aliphatic heterocycles. The van der Waals surface area contributed by atoms with Gasteiger partial charge in [-0.1, -0.05) is 24.3 Å². The van der Waals surface area contributed by atoms with Gasteiger partial charge in [-0.05, 0) is 35.4 Å². The Kier molecular flexibility index (Phi) is 8.79. The number of esters is 1. The largest absolute Gasteiger partial charge is 0.485 e. The molecule has 0 aromatic heterocycles. The first-order chi connectivity index (χ1) is 17.6. The van der Waals surface area contributed by atoms with E-state index in [4.69, 9.17) is 24.0 Å². The van der Waals surface area contributed by atoms with Gasteiger partial charge in [-0.15, -0.1) is 0 Å². The summed E-state index contributed by atoms with van der Waals surface area (Å²) in [4.78, 5) is 30.7. The van der Waals surface area contributed by atoms with Gasteiger partial charge in [0.25, 0.3) is 0 Å². The van der Waals surface area contributed by atoms with Gasteiger partial charge in [-0.25, -0.2) is 9.36 Å². The standard InChI is InChI=1S/C22H19F6O9P/c23-21(24,25)14-5-1-3-12(7-14)10-34-18-17(16(9-29)37-38(31,32)33)36-20(30)19(18)35-11-13-4-2-6-15(8-13)22(26,27)28/h1-8,16-17,29H,9-11H2,(H2,31,32,33)/t16-,17+/m0/s1. The number of carbonyl (C=O) groups is 1. The van der Waals surface area contributed by atoms with Crippen LogP contribution in [0.15, 0.2) is 60.0 Å². The number of aliphatic hydroxyl groups excluding tert-OH is 1. The third-order valence-electron chi connectivity index (χ3n) is 4.98. The molecule has 2 aromatic carbocycles. The molecule has 0 saturated heterocycles. The van der Waals surface area contributed by atoms with Gasteiger partial charge in [0.1, 0.15) is 19.3 Å². The van der Waals surface area contributed by atoms with Gasteiger partial charge in [0.15, 0.2) is 11.9 Å². The second-order valence-electron chi connectivity index (χ2n) is 7.81. The Bertz CT molecular complexity index is 1240. The molecule has 0 aliphatic carbocycles. The Hall–Kier alpha value is -3.10. The molecule has 3 rings (SSSR count). The summed E-state index contributed by atoms with van der Waals surface area (Å²) in [6, 6.07) is 7.77.